The van der Waals surface area contributed by atoms with Gasteiger partial charge in [-0.15, -0.1) is 0 Å². The second-order valence-corrected chi connectivity index (χ2v) is 3.85. The second kappa shape index (κ2) is 3.11. The van der Waals surface area contributed by atoms with E-state index in [1.54, 1.807) is 12.1 Å². The molecule has 0 atom stereocenters. The van der Waals surface area contributed by atoms with E-state index in [9.17, 15) is 4.39 Å². The summed E-state index contributed by atoms with van der Waals surface area (Å²) in [5.74, 6) is -0.191. The second-order valence-electron chi connectivity index (χ2n) is 3.06. The quantitative estimate of drug-likeness (QED) is 0.650. The van der Waals surface area contributed by atoms with Crippen molar-refractivity contribution in [2.24, 2.45) is 0 Å². The van der Waals surface area contributed by atoms with E-state index < -0.39 is 0 Å². The molecule has 0 saturated carbocycles. The SMILES string of the molecule is Cc1ccc2cc(F)ccc2c1Br. The molecule has 0 aliphatic rings. The fourth-order valence-corrected chi connectivity index (χ4v) is 1.86. The first-order chi connectivity index (χ1) is 6.18. The summed E-state index contributed by atoms with van der Waals surface area (Å²) in [5.41, 5.74) is 1.17. The lowest BCUT2D eigenvalue weighted by Gasteiger charge is -2.03. The maximum atomic E-state index is 12.9. The lowest BCUT2D eigenvalue weighted by atomic mass is 10.1. The van der Waals surface area contributed by atoms with Gasteiger partial charge in [0.1, 0.15) is 5.82 Å². The van der Waals surface area contributed by atoms with Gasteiger partial charge < -0.3 is 0 Å². The highest BCUT2D eigenvalue weighted by Crippen LogP contribution is 2.27. The Hall–Kier alpha value is -0.890. The molecule has 0 unspecified atom stereocenters. The molecule has 2 rings (SSSR count). The van der Waals surface area contributed by atoms with Crippen molar-refractivity contribution in [1.82, 2.24) is 0 Å². The van der Waals surface area contributed by atoms with Crippen molar-refractivity contribution >= 4 is 26.7 Å². The molecular formula is C11H8BrF. The first kappa shape index (κ1) is 8.70. The monoisotopic (exact) mass is 238 g/mol. The van der Waals surface area contributed by atoms with E-state index in [1.165, 1.54) is 11.6 Å². The molecule has 2 aromatic rings. The largest absolute Gasteiger partial charge is 0.207 e. The average Bonchev–Trinajstić information content (AvgIpc) is 2.12. The Morgan fingerprint density at radius 3 is 2.69 bits per heavy atom. The van der Waals surface area contributed by atoms with Crippen LogP contribution in [0.2, 0.25) is 0 Å². The predicted octanol–water partition coefficient (Wildman–Crippen LogP) is 4.05. The number of hydrogen-bond donors (Lipinski definition) is 0. The molecule has 0 amide bonds. The maximum Gasteiger partial charge on any atom is 0.123 e. The summed E-state index contributed by atoms with van der Waals surface area (Å²) in [6, 6.07) is 8.72. The van der Waals surface area contributed by atoms with E-state index in [-0.39, 0.29) is 5.82 Å². The molecule has 0 aliphatic heterocycles. The number of hydrogen-bond acceptors (Lipinski definition) is 0. The molecular weight excluding hydrogens is 231 g/mol. The number of halogens is 2. The molecule has 0 aliphatic carbocycles. The average molecular weight is 239 g/mol. The van der Waals surface area contributed by atoms with Crippen LogP contribution >= 0.6 is 15.9 Å². The van der Waals surface area contributed by atoms with Gasteiger partial charge in [0.2, 0.25) is 0 Å². The van der Waals surface area contributed by atoms with E-state index in [1.807, 2.05) is 19.1 Å². The standard InChI is InChI=1S/C11H8BrF/c1-7-2-3-8-6-9(13)4-5-10(8)11(7)12/h2-6H,1H3. The molecule has 0 aromatic heterocycles. The van der Waals surface area contributed by atoms with Crippen molar-refractivity contribution in [3.8, 4) is 0 Å². The third-order valence-corrected chi connectivity index (χ3v) is 3.16. The van der Waals surface area contributed by atoms with Crippen molar-refractivity contribution in [3.05, 3.63) is 46.2 Å². The van der Waals surface area contributed by atoms with Crippen LogP contribution in [-0.4, -0.2) is 0 Å². The minimum atomic E-state index is -0.191. The zero-order valence-electron chi connectivity index (χ0n) is 7.14. The van der Waals surface area contributed by atoms with Crippen molar-refractivity contribution in [2.75, 3.05) is 0 Å². The lowest BCUT2D eigenvalue weighted by Crippen LogP contribution is -1.80. The molecule has 13 heavy (non-hydrogen) atoms. The Bertz CT molecular complexity index is 463. The van der Waals surface area contributed by atoms with Gasteiger partial charge in [-0.2, -0.15) is 0 Å². The number of aryl methyl sites for hydroxylation is 1. The summed E-state index contributed by atoms with van der Waals surface area (Å²) < 4.78 is 13.9. The molecule has 0 nitrogen and oxygen atoms in total. The van der Waals surface area contributed by atoms with Crippen LogP contribution in [0.4, 0.5) is 4.39 Å². The van der Waals surface area contributed by atoms with Crippen LogP contribution in [0.5, 0.6) is 0 Å². The molecule has 0 fully saturated rings. The van der Waals surface area contributed by atoms with Gasteiger partial charge in [-0.3, -0.25) is 0 Å². The summed E-state index contributed by atoms with van der Waals surface area (Å²) in [6.07, 6.45) is 0. The summed E-state index contributed by atoms with van der Waals surface area (Å²) in [6.45, 7) is 2.02. The van der Waals surface area contributed by atoms with Crippen LogP contribution in [0.25, 0.3) is 10.8 Å². The number of rotatable bonds is 0. The third-order valence-electron chi connectivity index (χ3n) is 2.11. The van der Waals surface area contributed by atoms with Crippen molar-refractivity contribution < 1.29 is 4.39 Å². The summed E-state index contributed by atoms with van der Waals surface area (Å²) in [5, 5.41) is 1.99. The summed E-state index contributed by atoms with van der Waals surface area (Å²) >= 11 is 3.48. The molecule has 0 spiro atoms. The van der Waals surface area contributed by atoms with Crippen LogP contribution in [-0.2, 0) is 0 Å². The first-order valence-electron chi connectivity index (χ1n) is 4.03. The molecule has 0 bridgehead atoms. The van der Waals surface area contributed by atoms with E-state index in [4.69, 9.17) is 0 Å². The molecule has 2 aromatic carbocycles. The molecule has 0 heterocycles. The van der Waals surface area contributed by atoms with Crippen LogP contribution in [0, 0.1) is 12.7 Å². The minimum Gasteiger partial charge on any atom is -0.207 e. The van der Waals surface area contributed by atoms with E-state index in [2.05, 4.69) is 15.9 Å². The maximum absolute atomic E-state index is 12.9. The highest BCUT2D eigenvalue weighted by Gasteiger charge is 2.01. The predicted molar refractivity (Wildman–Crippen MR) is 56.3 cm³/mol. The highest BCUT2D eigenvalue weighted by molar-refractivity contribution is 9.10. The zero-order chi connectivity index (χ0) is 9.42. The van der Waals surface area contributed by atoms with Crippen LogP contribution in [0.3, 0.4) is 0 Å². The fourth-order valence-electron chi connectivity index (χ4n) is 1.37. The molecule has 66 valence electrons. The van der Waals surface area contributed by atoms with Crippen molar-refractivity contribution in [2.45, 2.75) is 6.92 Å². The Morgan fingerprint density at radius 2 is 1.92 bits per heavy atom. The van der Waals surface area contributed by atoms with Gasteiger partial charge in [0.05, 0.1) is 0 Å². The highest BCUT2D eigenvalue weighted by atomic mass is 79.9. The summed E-state index contributed by atoms with van der Waals surface area (Å²) in [7, 11) is 0. The minimum absolute atomic E-state index is 0.191. The van der Waals surface area contributed by atoms with Crippen molar-refractivity contribution in [1.29, 1.82) is 0 Å². The van der Waals surface area contributed by atoms with Gasteiger partial charge in [-0.25, -0.2) is 4.39 Å². The van der Waals surface area contributed by atoms with Crippen LogP contribution in [0.1, 0.15) is 5.56 Å². The van der Waals surface area contributed by atoms with E-state index in [0.717, 1.165) is 15.2 Å². The van der Waals surface area contributed by atoms with E-state index >= 15 is 0 Å². The Labute approximate surface area is 84.5 Å². The van der Waals surface area contributed by atoms with Gasteiger partial charge in [-0.1, -0.05) is 18.2 Å². The van der Waals surface area contributed by atoms with Gasteiger partial charge in [0.15, 0.2) is 0 Å². The molecule has 0 saturated heterocycles. The van der Waals surface area contributed by atoms with Gasteiger partial charge in [-0.05, 0) is 51.3 Å². The Kier molecular flexibility index (Phi) is 2.08. The molecule has 0 radical (unpaired) electrons. The zero-order valence-corrected chi connectivity index (χ0v) is 8.73. The first-order valence-corrected chi connectivity index (χ1v) is 4.82. The number of benzene rings is 2. The topological polar surface area (TPSA) is 0 Å². The third kappa shape index (κ3) is 1.46. The van der Waals surface area contributed by atoms with Crippen LogP contribution < -0.4 is 0 Å². The van der Waals surface area contributed by atoms with Crippen LogP contribution in [0.15, 0.2) is 34.8 Å². The van der Waals surface area contributed by atoms with Gasteiger partial charge in [0.25, 0.3) is 0 Å². The van der Waals surface area contributed by atoms with Gasteiger partial charge >= 0.3 is 0 Å². The summed E-state index contributed by atoms with van der Waals surface area (Å²) in [4.78, 5) is 0. The normalized spacial score (nSPS) is 10.7. The molecule has 0 N–H and O–H groups in total. The van der Waals surface area contributed by atoms with E-state index in [0.29, 0.717) is 0 Å². The van der Waals surface area contributed by atoms with Crippen molar-refractivity contribution in [3.63, 3.8) is 0 Å². The Balaban J connectivity index is 2.87. The van der Waals surface area contributed by atoms with Gasteiger partial charge in [0, 0.05) is 4.47 Å². The Morgan fingerprint density at radius 1 is 1.15 bits per heavy atom. The number of fused-ring (bicyclic) bond motifs is 1. The molecule has 2 heteroatoms. The lowest BCUT2D eigenvalue weighted by molar-refractivity contribution is 0.629. The smallest absolute Gasteiger partial charge is 0.123 e. The fraction of sp³-hybridized carbons (Fsp3) is 0.0909.